The van der Waals surface area contributed by atoms with Gasteiger partial charge in [-0.3, -0.25) is 9.59 Å². The summed E-state index contributed by atoms with van der Waals surface area (Å²) in [5.41, 5.74) is 4.82. The number of hydrogen-bond donors (Lipinski definition) is 1. The molecule has 0 unspecified atom stereocenters. The standard InChI is InChI=1S/C19H19NO2S/c1-11-4-7-18(12(2)8-11)23-10-17(21)14-5-6-16-15(9-14)13(3)19(22)20-16/h4-9,13H,10H2,1-3H3,(H,20,22)/t13-/m0/s1. The minimum atomic E-state index is -0.190. The fourth-order valence-electron chi connectivity index (χ4n) is 2.78. The molecule has 0 fully saturated rings. The number of hydrogen-bond acceptors (Lipinski definition) is 3. The Morgan fingerprint density at radius 3 is 2.70 bits per heavy atom. The lowest BCUT2D eigenvalue weighted by atomic mass is 9.99. The molecule has 1 amide bonds. The molecule has 0 saturated carbocycles. The number of rotatable bonds is 4. The SMILES string of the molecule is Cc1ccc(SCC(=O)c2ccc3c(c2)[C@H](C)C(=O)N3)c(C)c1. The Labute approximate surface area is 140 Å². The first-order valence-electron chi connectivity index (χ1n) is 7.64. The van der Waals surface area contributed by atoms with Crippen molar-refractivity contribution >= 4 is 29.1 Å². The Morgan fingerprint density at radius 1 is 1.17 bits per heavy atom. The predicted octanol–water partition coefficient (Wildman–Crippen LogP) is 4.33. The van der Waals surface area contributed by atoms with Gasteiger partial charge in [-0.25, -0.2) is 0 Å². The summed E-state index contributed by atoms with van der Waals surface area (Å²) in [6.45, 7) is 5.99. The molecule has 0 aliphatic carbocycles. The molecule has 1 aliphatic heterocycles. The summed E-state index contributed by atoms with van der Waals surface area (Å²) in [5.74, 6) is 0.293. The molecule has 0 bridgehead atoms. The molecule has 1 heterocycles. The molecule has 23 heavy (non-hydrogen) atoms. The maximum absolute atomic E-state index is 12.5. The van der Waals surface area contributed by atoms with Crippen molar-refractivity contribution in [3.63, 3.8) is 0 Å². The van der Waals surface area contributed by atoms with E-state index in [9.17, 15) is 9.59 Å². The van der Waals surface area contributed by atoms with Crippen molar-refractivity contribution in [2.75, 3.05) is 11.1 Å². The molecule has 2 aromatic carbocycles. The van der Waals surface area contributed by atoms with Gasteiger partial charge in [-0.1, -0.05) is 17.7 Å². The molecule has 2 aromatic rings. The number of benzene rings is 2. The van der Waals surface area contributed by atoms with Gasteiger partial charge in [0, 0.05) is 16.1 Å². The molecule has 4 heteroatoms. The second-order valence-electron chi connectivity index (χ2n) is 5.99. The van der Waals surface area contributed by atoms with Gasteiger partial charge >= 0.3 is 0 Å². The van der Waals surface area contributed by atoms with Gasteiger partial charge in [0.1, 0.15) is 0 Å². The zero-order valence-corrected chi connectivity index (χ0v) is 14.3. The summed E-state index contributed by atoms with van der Waals surface area (Å²) in [6.07, 6.45) is 0. The van der Waals surface area contributed by atoms with E-state index in [4.69, 9.17) is 0 Å². The number of Topliss-reactive ketones (excluding diaryl/α,β-unsaturated/α-hetero) is 1. The lowest BCUT2D eigenvalue weighted by molar-refractivity contribution is -0.116. The van der Waals surface area contributed by atoms with Crippen molar-refractivity contribution in [2.24, 2.45) is 0 Å². The number of nitrogens with one attached hydrogen (secondary N) is 1. The minimum Gasteiger partial charge on any atom is -0.325 e. The molecule has 3 nitrogen and oxygen atoms in total. The van der Waals surface area contributed by atoms with Crippen LogP contribution in [0.3, 0.4) is 0 Å². The first-order valence-corrected chi connectivity index (χ1v) is 8.62. The topological polar surface area (TPSA) is 46.2 Å². The third-order valence-electron chi connectivity index (χ3n) is 4.18. The van der Waals surface area contributed by atoms with Crippen LogP contribution in [0.15, 0.2) is 41.3 Å². The highest BCUT2D eigenvalue weighted by Gasteiger charge is 2.27. The predicted molar refractivity (Wildman–Crippen MR) is 94.5 cm³/mol. The van der Waals surface area contributed by atoms with E-state index in [-0.39, 0.29) is 17.6 Å². The molecule has 0 aromatic heterocycles. The Morgan fingerprint density at radius 2 is 1.96 bits per heavy atom. The smallest absolute Gasteiger partial charge is 0.231 e. The molecule has 1 atom stereocenters. The minimum absolute atomic E-state index is 0.00532. The van der Waals surface area contributed by atoms with Crippen molar-refractivity contribution in [2.45, 2.75) is 31.6 Å². The van der Waals surface area contributed by atoms with E-state index in [2.05, 4.69) is 37.4 Å². The number of fused-ring (bicyclic) bond motifs is 1. The van der Waals surface area contributed by atoms with Crippen LogP contribution in [0.4, 0.5) is 5.69 Å². The van der Waals surface area contributed by atoms with Gasteiger partial charge in [-0.2, -0.15) is 0 Å². The Bertz CT molecular complexity index is 798. The Kier molecular flexibility index (Phi) is 4.26. The summed E-state index contributed by atoms with van der Waals surface area (Å²) in [4.78, 5) is 25.3. The van der Waals surface area contributed by atoms with Gasteiger partial charge < -0.3 is 5.32 Å². The molecule has 1 aliphatic rings. The molecule has 1 N–H and O–H groups in total. The second-order valence-corrected chi connectivity index (χ2v) is 7.01. The van der Waals surface area contributed by atoms with Crippen LogP contribution in [-0.2, 0) is 4.79 Å². The molecular weight excluding hydrogens is 306 g/mol. The normalized spacial score (nSPS) is 16.1. The second kappa shape index (κ2) is 6.20. The van der Waals surface area contributed by atoms with Gasteiger partial charge in [-0.15, -0.1) is 11.8 Å². The van der Waals surface area contributed by atoms with Crippen molar-refractivity contribution in [3.05, 3.63) is 58.7 Å². The Hall–Kier alpha value is -2.07. The third-order valence-corrected chi connectivity index (χ3v) is 5.36. The monoisotopic (exact) mass is 325 g/mol. The average Bonchev–Trinajstić information content (AvgIpc) is 2.80. The Balaban J connectivity index is 1.73. The number of ketones is 1. The van der Waals surface area contributed by atoms with E-state index in [0.29, 0.717) is 11.3 Å². The summed E-state index contributed by atoms with van der Waals surface area (Å²) < 4.78 is 0. The van der Waals surface area contributed by atoms with E-state index in [0.717, 1.165) is 16.1 Å². The largest absolute Gasteiger partial charge is 0.325 e. The van der Waals surface area contributed by atoms with Crippen LogP contribution in [0.25, 0.3) is 0 Å². The first kappa shape index (κ1) is 15.8. The van der Waals surface area contributed by atoms with Crippen LogP contribution < -0.4 is 5.32 Å². The van der Waals surface area contributed by atoms with Crippen molar-refractivity contribution < 1.29 is 9.59 Å². The van der Waals surface area contributed by atoms with Gasteiger partial charge in [0.25, 0.3) is 0 Å². The van der Waals surface area contributed by atoms with Gasteiger partial charge in [0.05, 0.1) is 11.7 Å². The van der Waals surface area contributed by atoms with Crippen LogP contribution in [0.2, 0.25) is 0 Å². The summed E-state index contributed by atoms with van der Waals surface area (Å²) in [7, 11) is 0. The number of amides is 1. The average molecular weight is 325 g/mol. The van der Waals surface area contributed by atoms with Crippen LogP contribution >= 0.6 is 11.8 Å². The van der Waals surface area contributed by atoms with Crippen LogP contribution in [-0.4, -0.2) is 17.4 Å². The van der Waals surface area contributed by atoms with Crippen molar-refractivity contribution in [3.8, 4) is 0 Å². The van der Waals surface area contributed by atoms with Crippen LogP contribution in [0, 0.1) is 13.8 Å². The number of carbonyl (C=O) groups excluding carboxylic acids is 2. The summed E-state index contributed by atoms with van der Waals surface area (Å²) >= 11 is 1.56. The molecule has 3 rings (SSSR count). The summed E-state index contributed by atoms with van der Waals surface area (Å²) in [5, 5.41) is 2.83. The van der Waals surface area contributed by atoms with Crippen LogP contribution in [0.1, 0.15) is 39.9 Å². The van der Waals surface area contributed by atoms with E-state index < -0.39 is 0 Å². The van der Waals surface area contributed by atoms with Gasteiger partial charge in [-0.05, 0) is 56.2 Å². The maximum atomic E-state index is 12.5. The highest BCUT2D eigenvalue weighted by molar-refractivity contribution is 8.00. The molecule has 0 saturated heterocycles. The fraction of sp³-hybridized carbons (Fsp3) is 0.263. The number of aryl methyl sites for hydroxylation is 2. The van der Waals surface area contributed by atoms with Gasteiger partial charge in [0.15, 0.2) is 5.78 Å². The van der Waals surface area contributed by atoms with E-state index >= 15 is 0 Å². The first-order chi connectivity index (χ1) is 11.0. The highest BCUT2D eigenvalue weighted by atomic mass is 32.2. The van der Waals surface area contributed by atoms with Crippen molar-refractivity contribution in [1.82, 2.24) is 0 Å². The fourth-order valence-corrected chi connectivity index (χ4v) is 3.68. The molecule has 0 radical (unpaired) electrons. The molecule has 0 spiro atoms. The van der Waals surface area contributed by atoms with E-state index in [1.165, 1.54) is 11.1 Å². The zero-order chi connectivity index (χ0) is 16.6. The highest BCUT2D eigenvalue weighted by Crippen LogP contribution is 2.33. The molecular formula is C19H19NO2S. The van der Waals surface area contributed by atoms with Gasteiger partial charge in [0.2, 0.25) is 5.91 Å². The van der Waals surface area contributed by atoms with Crippen molar-refractivity contribution in [1.29, 1.82) is 0 Å². The number of thioether (sulfide) groups is 1. The van der Waals surface area contributed by atoms with Crippen LogP contribution in [0.5, 0.6) is 0 Å². The zero-order valence-electron chi connectivity index (χ0n) is 13.5. The third kappa shape index (κ3) is 3.17. The number of carbonyl (C=O) groups is 2. The van der Waals surface area contributed by atoms with E-state index in [1.54, 1.807) is 17.8 Å². The van der Waals surface area contributed by atoms with E-state index in [1.807, 2.05) is 19.1 Å². The molecule has 118 valence electrons. The summed E-state index contributed by atoms with van der Waals surface area (Å²) in [6, 6.07) is 11.7. The lowest BCUT2D eigenvalue weighted by Gasteiger charge is -2.08. The maximum Gasteiger partial charge on any atom is 0.231 e. The number of anilines is 1. The quantitative estimate of drug-likeness (QED) is 0.672. The lowest BCUT2D eigenvalue weighted by Crippen LogP contribution is -2.08.